The van der Waals surface area contributed by atoms with Crippen molar-refractivity contribution >= 4 is 16.7 Å². The van der Waals surface area contributed by atoms with Crippen molar-refractivity contribution < 1.29 is 9.90 Å². The Morgan fingerprint density at radius 1 is 1.11 bits per heavy atom. The Morgan fingerprint density at radius 3 is 2.26 bits per heavy atom. The summed E-state index contributed by atoms with van der Waals surface area (Å²) in [5.41, 5.74) is 13.3. The van der Waals surface area contributed by atoms with E-state index in [2.05, 4.69) is 12.1 Å². The molecule has 2 aromatic rings. The van der Waals surface area contributed by atoms with E-state index in [4.69, 9.17) is 16.6 Å². The lowest BCUT2D eigenvalue weighted by molar-refractivity contribution is -0.138. The quantitative estimate of drug-likeness (QED) is 0.760. The smallest absolute Gasteiger partial charge is 0.320 e. The van der Waals surface area contributed by atoms with Crippen LogP contribution in [-0.2, 0) is 17.8 Å². The van der Waals surface area contributed by atoms with E-state index in [1.54, 1.807) is 0 Å². The highest BCUT2D eigenvalue weighted by molar-refractivity contribution is 5.83. The SMILES string of the molecule is NCc1ccc2cc(CCC(N)C(=O)O)ccc2c1. The van der Waals surface area contributed by atoms with Gasteiger partial charge < -0.3 is 16.6 Å². The van der Waals surface area contributed by atoms with Gasteiger partial charge in [-0.2, -0.15) is 0 Å². The predicted molar refractivity (Wildman–Crippen MR) is 75.8 cm³/mol. The number of benzene rings is 2. The van der Waals surface area contributed by atoms with Crippen molar-refractivity contribution in [2.75, 3.05) is 0 Å². The maximum absolute atomic E-state index is 10.7. The van der Waals surface area contributed by atoms with Gasteiger partial charge >= 0.3 is 5.97 Å². The van der Waals surface area contributed by atoms with E-state index in [1.807, 2.05) is 24.3 Å². The van der Waals surface area contributed by atoms with Crippen LogP contribution in [0.4, 0.5) is 0 Å². The molecule has 0 saturated heterocycles. The zero-order valence-corrected chi connectivity index (χ0v) is 10.7. The maximum atomic E-state index is 10.7. The molecule has 4 heteroatoms. The first-order valence-electron chi connectivity index (χ1n) is 6.30. The molecule has 0 aliphatic carbocycles. The van der Waals surface area contributed by atoms with Crippen molar-refractivity contribution in [2.45, 2.75) is 25.4 Å². The summed E-state index contributed by atoms with van der Waals surface area (Å²) >= 11 is 0. The first kappa shape index (κ1) is 13.5. The summed E-state index contributed by atoms with van der Waals surface area (Å²) in [5, 5.41) is 11.0. The number of fused-ring (bicyclic) bond motifs is 1. The van der Waals surface area contributed by atoms with Crippen LogP contribution in [0.25, 0.3) is 10.8 Å². The van der Waals surface area contributed by atoms with Crippen LogP contribution in [0.1, 0.15) is 17.5 Å². The number of carbonyl (C=O) groups is 1. The lowest BCUT2D eigenvalue weighted by Crippen LogP contribution is -2.30. The van der Waals surface area contributed by atoms with Gasteiger partial charge in [-0.3, -0.25) is 4.79 Å². The van der Waals surface area contributed by atoms with Crippen LogP contribution in [-0.4, -0.2) is 17.1 Å². The highest BCUT2D eigenvalue weighted by Crippen LogP contribution is 2.19. The fourth-order valence-electron chi connectivity index (χ4n) is 2.07. The van der Waals surface area contributed by atoms with E-state index >= 15 is 0 Å². The van der Waals surface area contributed by atoms with Crippen LogP contribution in [0, 0.1) is 0 Å². The third kappa shape index (κ3) is 3.30. The van der Waals surface area contributed by atoms with Gasteiger partial charge in [-0.25, -0.2) is 0 Å². The Labute approximate surface area is 112 Å². The van der Waals surface area contributed by atoms with Crippen molar-refractivity contribution in [1.29, 1.82) is 0 Å². The molecule has 0 aromatic heterocycles. The summed E-state index contributed by atoms with van der Waals surface area (Å²) in [4.78, 5) is 10.7. The van der Waals surface area contributed by atoms with Crippen LogP contribution in [0.2, 0.25) is 0 Å². The molecule has 100 valence electrons. The van der Waals surface area contributed by atoms with Gasteiger partial charge in [0.1, 0.15) is 6.04 Å². The molecule has 5 N–H and O–H groups in total. The first-order chi connectivity index (χ1) is 9.10. The Morgan fingerprint density at radius 2 is 1.68 bits per heavy atom. The molecule has 0 radical (unpaired) electrons. The second-order valence-corrected chi connectivity index (χ2v) is 4.70. The van der Waals surface area contributed by atoms with Gasteiger partial charge in [0.15, 0.2) is 0 Å². The van der Waals surface area contributed by atoms with E-state index < -0.39 is 12.0 Å². The first-order valence-corrected chi connectivity index (χ1v) is 6.30. The van der Waals surface area contributed by atoms with Crippen molar-refractivity contribution in [3.63, 3.8) is 0 Å². The lowest BCUT2D eigenvalue weighted by Gasteiger charge is -2.08. The molecule has 2 rings (SSSR count). The lowest BCUT2D eigenvalue weighted by atomic mass is 10.0. The normalized spacial score (nSPS) is 12.5. The predicted octanol–water partition coefficient (Wildman–Crippen LogP) is 1.64. The van der Waals surface area contributed by atoms with Gasteiger partial charge in [-0.15, -0.1) is 0 Å². The zero-order chi connectivity index (χ0) is 13.8. The maximum Gasteiger partial charge on any atom is 0.320 e. The van der Waals surface area contributed by atoms with E-state index in [1.165, 1.54) is 0 Å². The summed E-state index contributed by atoms with van der Waals surface area (Å²) in [6, 6.07) is 11.4. The standard InChI is InChI=1S/C15H18N2O2/c16-9-11-2-5-12-7-10(1-4-13(12)8-11)3-6-14(17)15(18)19/h1-2,4-5,7-8,14H,3,6,9,16-17H2,(H,18,19). The minimum Gasteiger partial charge on any atom is -0.480 e. The summed E-state index contributed by atoms with van der Waals surface area (Å²) in [7, 11) is 0. The van der Waals surface area contributed by atoms with Crippen LogP contribution < -0.4 is 11.5 Å². The van der Waals surface area contributed by atoms with Gasteiger partial charge in [0.2, 0.25) is 0 Å². The molecule has 4 nitrogen and oxygen atoms in total. The molecule has 2 aromatic carbocycles. The number of aliphatic carboxylic acids is 1. The molecule has 0 aliphatic rings. The minimum absolute atomic E-state index is 0.446. The Balaban J connectivity index is 2.15. The fraction of sp³-hybridized carbons (Fsp3) is 0.267. The third-order valence-electron chi connectivity index (χ3n) is 3.27. The average molecular weight is 258 g/mol. The summed E-state index contributed by atoms with van der Waals surface area (Å²) in [6.07, 6.45) is 1.11. The number of hydrogen-bond donors (Lipinski definition) is 3. The van der Waals surface area contributed by atoms with Crippen molar-refractivity contribution in [2.24, 2.45) is 11.5 Å². The van der Waals surface area contributed by atoms with Crippen LogP contribution in [0.3, 0.4) is 0 Å². The molecule has 0 amide bonds. The second kappa shape index (κ2) is 5.82. The Kier molecular flexibility index (Phi) is 4.14. The van der Waals surface area contributed by atoms with Gasteiger partial charge in [0, 0.05) is 6.54 Å². The Bertz CT molecular complexity index is 596. The van der Waals surface area contributed by atoms with Gasteiger partial charge in [-0.05, 0) is 40.8 Å². The number of hydrogen-bond acceptors (Lipinski definition) is 3. The minimum atomic E-state index is -0.951. The Hall–Kier alpha value is -1.91. The summed E-state index contributed by atoms with van der Waals surface area (Å²) < 4.78 is 0. The monoisotopic (exact) mass is 258 g/mol. The van der Waals surface area contributed by atoms with E-state index in [0.717, 1.165) is 21.9 Å². The molecule has 0 fully saturated rings. The van der Waals surface area contributed by atoms with Crippen LogP contribution >= 0.6 is 0 Å². The number of nitrogens with two attached hydrogens (primary N) is 2. The van der Waals surface area contributed by atoms with Crippen LogP contribution in [0.15, 0.2) is 36.4 Å². The second-order valence-electron chi connectivity index (χ2n) is 4.70. The molecule has 0 aliphatic heterocycles. The number of aryl methyl sites for hydroxylation is 1. The van der Waals surface area contributed by atoms with E-state index in [9.17, 15) is 4.79 Å². The molecule has 1 atom stereocenters. The molecule has 0 bridgehead atoms. The van der Waals surface area contributed by atoms with E-state index in [-0.39, 0.29) is 0 Å². The number of carboxylic acids is 1. The average Bonchev–Trinajstić information content (AvgIpc) is 2.43. The molecule has 19 heavy (non-hydrogen) atoms. The molecule has 1 unspecified atom stereocenters. The summed E-state index contributed by atoms with van der Waals surface area (Å²) in [6.45, 7) is 0.533. The molecule has 0 saturated carbocycles. The molecular formula is C15H18N2O2. The number of rotatable bonds is 5. The molecular weight excluding hydrogens is 240 g/mol. The van der Waals surface area contributed by atoms with Gasteiger partial charge in [0.25, 0.3) is 0 Å². The number of carboxylic acid groups (broad SMARTS) is 1. The van der Waals surface area contributed by atoms with Crippen molar-refractivity contribution in [1.82, 2.24) is 0 Å². The topological polar surface area (TPSA) is 89.3 Å². The van der Waals surface area contributed by atoms with Crippen LogP contribution in [0.5, 0.6) is 0 Å². The largest absolute Gasteiger partial charge is 0.480 e. The molecule has 0 spiro atoms. The highest BCUT2D eigenvalue weighted by atomic mass is 16.4. The van der Waals surface area contributed by atoms with E-state index in [0.29, 0.717) is 19.4 Å². The van der Waals surface area contributed by atoms with Crippen molar-refractivity contribution in [3.05, 3.63) is 47.5 Å². The van der Waals surface area contributed by atoms with Crippen molar-refractivity contribution in [3.8, 4) is 0 Å². The van der Waals surface area contributed by atoms with Gasteiger partial charge in [0.05, 0.1) is 0 Å². The highest BCUT2D eigenvalue weighted by Gasteiger charge is 2.10. The zero-order valence-electron chi connectivity index (χ0n) is 10.7. The third-order valence-corrected chi connectivity index (χ3v) is 3.27. The fourth-order valence-corrected chi connectivity index (χ4v) is 2.07. The summed E-state index contributed by atoms with van der Waals surface area (Å²) in [5.74, 6) is -0.951. The molecule has 0 heterocycles. The van der Waals surface area contributed by atoms with Gasteiger partial charge in [-0.1, -0.05) is 30.3 Å².